The first-order valence-electron chi connectivity index (χ1n) is 3.83. The highest BCUT2D eigenvalue weighted by Crippen LogP contribution is 2.09. The molecule has 0 aliphatic rings. The Morgan fingerprint density at radius 2 is 1.86 bits per heavy atom. The normalized spacial score (nSPS) is 9.93. The Hall–Kier alpha value is -1.85. The number of nitrogens with zero attached hydrogens (tertiary/aromatic N) is 2. The molecule has 1 aromatic rings. The molecule has 0 bridgehead atoms. The monoisotopic (exact) mass is 198 g/mol. The molecule has 14 heavy (non-hydrogen) atoms. The van der Waals surface area contributed by atoms with E-state index in [4.69, 9.17) is 0 Å². The molecule has 0 saturated carbocycles. The molecule has 6 heteroatoms. The first-order chi connectivity index (χ1) is 6.70. The number of ether oxygens (including phenoxy) is 2. The number of hydrogen-bond acceptors (Lipinski definition) is 5. The zero-order valence-corrected chi connectivity index (χ0v) is 7.84. The molecule has 0 radical (unpaired) electrons. The topological polar surface area (TPSA) is 70.4 Å². The van der Waals surface area contributed by atoms with E-state index >= 15 is 0 Å². The van der Waals surface area contributed by atoms with Crippen molar-refractivity contribution in [1.82, 2.24) is 9.55 Å². The Kier molecular flexibility index (Phi) is 3.22. The van der Waals surface area contributed by atoms with Gasteiger partial charge in [-0.2, -0.15) is 0 Å². The van der Waals surface area contributed by atoms with Crippen molar-refractivity contribution in [2.24, 2.45) is 0 Å². The Bertz CT molecular complexity index is 304. The number of imidazole rings is 1. The minimum absolute atomic E-state index is 0.685. The van der Waals surface area contributed by atoms with Crippen LogP contribution < -0.4 is 0 Å². The molecule has 1 rings (SSSR count). The molecule has 76 valence electrons. The maximum atomic E-state index is 11.2. The van der Waals surface area contributed by atoms with Gasteiger partial charge in [-0.1, -0.05) is 0 Å². The second kappa shape index (κ2) is 4.40. The molecule has 6 nitrogen and oxygen atoms in total. The first-order valence-corrected chi connectivity index (χ1v) is 3.83. The van der Waals surface area contributed by atoms with E-state index < -0.39 is 18.0 Å². The number of carbonyl (C=O) groups excluding carboxylic acids is 2. The Morgan fingerprint density at radius 3 is 2.21 bits per heavy atom. The molecule has 0 unspecified atom stereocenters. The van der Waals surface area contributed by atoms with Crippen LogP contribution in [-0.4, -0.2) is 35.7 Å². The number of carbonyl (C=O) groups is 2. The molecule has 1 aromatic heterocycles. The van der Waals surface area contributed by atoms with Gasteiger partial charge < -0.3 is 14.0 Å². The Morgan fingerprint density at radius 1 is 1.29 bits per heavy atom. The van der Waals surface area contributed by atoms with Crippen molar-refractivity contribution in [3.05, 3.63) is 18.7 Å². The highest BCUT2D eigenvalue weighted by molar-refractivity contribution is 5.97. The lowest BCUT2D eigenvalue weighted by Gasteiger charge is -2.12. The summed E-state index contributed by atoms with van der Waals surface area (Å²) < 4.78 is 10.3. The largest absolute Gasteiger partial charge is 0.467 e. The van der Waals surface area contributed by atoms with Crippen molar-refractivity contribution in [1.29, 1.82) is 0 Å². The van der Waals surface area contributed by atoms with Crippen LogP contribution in [0.15, 0.2) is 18.7 Å². The molecule has 0 aromatic carbocycles. The molecule has 0 amide bonds. The molecule has 0 atom stereocenters. The van der Waals surface area contributed by atoms with Gasteiger partial charge in [0, 0.05) is 12.4 Å². The number of rotatable bonds is 3. The van der Waals surface area contributed by atoms with Crippen molar-refractivity contribution in [3.63, 3.8) is 0 Å². The molecule has 0 spiro atoms. The average Bonchev–Trinajstić information content (AvgIpc) is 2.70. The summed E-state index contributed by atoms with van der Waals surface area (Å²) in [7, 11) is 2.41. The zero-order chi connectivity index (χ0) is 10.6. The summed E-state index contributed by atoms with van der Waals surface area (Å²) in [5.74, 6) is -1.37. The van der Waals surface area contributed by atoms with E-state index in [1.165, 1.54) is 37.5 Å². The van der Waals surface area contributed by atoms with Gasteiger partial charge in [-0.25, -0.2) is 14.6 Å². The number of methoxy groups -OCH3 is 2. The second-order valence-electron chi connectivity index (χ2n) is 2.46. The lowest BCUT2D eigenvalue weighted by atomic mass is 10.3. The van der Waals surface area contributed by atoms with Gasteiger partial charge in [0.15, 0.2) is 0 Å². The standard InChI is InChI=1S/C8H10N2O4/c1-13-7(11)6(8(12)14-2)10-4-3-9-5-10/h3-6H,1-2H3. The lowest BCUT2D eigenvalue weighted by Crippen LogP contribution is -2.28. The van der Waals surface area contributed by atoms with Crippen LogP contribution in [0.25, 0.3) is 0 Å². The van der Waals surface area contributed by atoms with E-state index in [2.05, 4.69) is 14.5 Å². The fourth-order valence-electron chi connectivity index (χ4n) is 0.985. The number of esters is 2. The highest BCUT2D eigenvalue weighted by Gasteiger charge is 2.29. The third kappa shape index (κ3) is 1.90. The number of aromatic nitrogens is 2. The summed E-state index contributed by atoms with van der Waals surface area (Å²) in [6.07, 6.45) is 4.29. The molecule has 0 fully saturated rings. The quantitative estimate of drug-likeness (QED) is 0.495. The van der Waals surface area contributed by atoms with E-state index in [0.717, 1.165) is 0 Å². The molecular weight excluding hydrogens is 188 g/mol. The number of hydrogen-bond donors (Lipinski definition) is 0. The SMILES string of the molecule is COC(=O)C(C(=O)OC)n1ccnc1. The Balaban J connectivity index is 2.94. The van der Waals surface area contributed by atoms with E-state index in [1.54, 1.807) is 0 Å². The van der Waals surface area contributed by atoms with Crippen LogP contribution in [0.5, 0.6) is 0 Å². The zero-order valence-electron chi connectivity index (χ0n) is 7.84. The van der Waals surface area contributed by atoms with Gasteiger partial charge in [0.2, 0.25) is 6.04 Å². The molecule has 0 aliphatic carbocycles. The van der Waals surface area contributed by atoms with Crippen LogP contribution in [0.4, 0.5) is 0 Å². The Labute approximate surface area is 80.4 Å². The lowest BCUT2D eigenvalue weighted by molar-refractivity contribution is -0.157. The molecule has 0 saturated heterocycles. The van der Waals surface area contributed by atoms with Crippen LogP contribution in [0.2, 0.25) is 0 Å². The van der Waals surface area contributed by atoms with E-state index in [-0.39, 0.29) is 0 Å². The van der Waals surface area contributed by atoms with Gasteiger partial charge in [0.25, 0.3) is 0 Å². The maximum Gasteiger partial charge on any atom is 0.340 e. The molecule has 1 heterocycles. The van der Waals surface area contributed by atoms with Gasteiger partial charge >= 0.3 is 11.9 Å². The molecular formula is C8H10N2O4. The molecule has 0 N–H and O–H groups in total. The van der Waals surface area contributed by atoms with Crippen molar-refractivity contribution in [2.45, 2.75) is 6.04 Å². The van der Waals surface area contributed by atoms with Gasteiger partial charge in [0.1, 0.15) is 0 Å². The van der Waals surface area contributed by atoms with Crippen molar-refractivity contribution < 1.29 is 19.1 Å². The van der Waals surface area contributed by atoms with Crippen LogP contribution in [0, 0.1) is 0 Å². The molecule has 0 aliphatic heterocycles. The summed E-state index contributed by atoms with van der Waals surface area (Å²) in [5, 5.41) is 0. The van der Waals surface area contributed by atoms with E-state index in [9.17, 15) is 9.59 Å². The third-order valence-corrected chi connectivity index (χ3v) is 1.67. The van der Waals surface area contributed by atoms with Crippen molar-refractivity contribution >= 4 is 11.9 Å². The summed E-state index contributed by atoms with van der Waals surface area (Å²) in [6.45, 7) is 0. The highest BCUT2D eigenvalue weighted by atomic mass is 16.5. The minimum atomic E-state index is -1.12. The average molecular weight is 198 g/mol. The van der Waals surface area contributed by atoms with Gasteiger partial charge in [-0.3, -0.25) is 0 Å². The fourth-order valence-corrected chi connectivity index (χ4v) is 0.985. The predicted molar refractivity (Wildman–Crippen MR) is 45.3 cm³/mol. The fraction of sp³-hybridized carbons (Fsp3) is 0.375. The van der Waals surface area contributed by atoms with Crippen LogP contribution in [0.1, 0.15) is 6.04 Å². The summed E-state index contributed by atoms with van der Waals surface area (Å²) >= 11 is 0. The van der Waals surface area contributed by atoms with E-state index in [1.807, 2.05) is 0 Å². The summed E-state index contributed by atoms with van der Waals surface area (Å²) in [4.78, 5) is 26.2. The van der Waals surface area contributed by atoms with Crippen LogP contribution >= 0.6 is 0 Å². The van der Waals surface area contributed by atoms with Gasteiger partial charge in [0.05, 0.1) is 20.5 Å². The smallest absolute Gasteiger partial charge is 0.340 e. The predicted octanol–water partition coefficient (Wildman–Crippen LogP) is -0.230. The first kappa shape index (κ1) is 10.2. The minimum Gasteiger partial charge on any atom is -0.467 e. The van der Waals surface area contributed by atoms with Crippen molar-refractivity contribution in [3.8, 4) is 0 Å². The van der Waals surface area contributed by atoms with Gasteiger partial charge in [-0.05, 0) is 0 Å². The van der Waals surface area contributed by atoms with E-state index in [0.29, 0.717) is 0 Å². The van der Waals surface area contributed by atoms with Crippen molar-refractivity contribution in [2.75, 3.05) is 14.2 Å². The second-order valence-corrected chi connectivity index (χ2v) is 2.46. The van der Waals surface area contributed by atoms with Gasteiger partial charge in [-0.15, -0.1) is 0 Å². The summed E-state index contributed by atoms with van der Waals surface area (Å²) in [6, 6.07) is -1.12. The van der Waals surface area contributed by atoms with Crippen LogP contribution in [-0.2, 0) is 19.1 Å². The maximum absolute atomic E-state index is 11.2. The van der Waals surface area contributed by atoms with Crippen LogP contribution in [0.3, 0.4) is 0 Å². The summed E-state index contributed by atoms with van der Waals surface area (Å²) in [5.41, 5.74) is 0. The third-order valence-electron chi connectivity index (χ3n) is 1.67.